The maximum Gasteiger partial charge on any atom is 0.0326 e. The summed E-state index contributed by atoms with van der Waals surface area (Å²) in [5.74, 6) is 0. The fraction of sp³-hybridized carbons (Fsp3) is 0.0952. The van der Waals surface area contributed by atoms with E-state index < -0.39 is 0 Å². The zero-order chi connectivity index (χ0) is 15.8. The molecule has 0 aromatic heterocycles. The normalized spacial score (nSPS) is 12.8. The van der Waals surface area contributed by atoms with E-state index in [1.54, 1.807) is 0 Å². The van der Waals surface area contributed by atoms with Crippen LogP contribution in [0.5, 0.6) is 0 Å². The van der Waals surface area contributed by atoms with Gasteiger partial charge in [0.25, 0.3) is 0 Å². The van der Waals surface area contributed by atoms with Crippen molar-refractivity contribution in [3.63, 3.8) is 0 Å². The molecule has 3 heteroatoms. The van der Waals surface area contributed by atoms with E-state index >= 15 is 0 Å². The quantitative estimate of drug-likeness (QED) is 0.458. The van der Waals surface area contributed by atoms with Gasteiger partial charge in [0, 0.05) is 31.5 Å². The molecule has 4 rings (SSSR count). The second kappa shape index (κ2) is 6.80. The number of para-hydroxylation sites is 2. The van der Waals surface area contributed by atoms with Crippen molar-refractivity contribution in [2.24, 2.45) is 0 Å². The van der Waals surface area contributed by atoms with E-state index in [-0.39, 0.29) is 20.1 Å². The van der Waals surface area contributed by atoms with E-state index in [4.69, 9.17) is 0 Å². The van der Waals surface area contributed by atoms with E-state index in [0.29, 0.717) is 0 Å². The molecule has 1 aliphatic heterocycles. The van der Waals surface area contributed by atoms with Crippen molar-refractivity contribution in [3.05, 3.63) is 85.0 Å². The Labute approximate surface area is 157 Å². The van der Waals surface area contributed by atoms with E-state index in [9.17, 15) is 0 Å². The molecule has 2 nitrogen and oxygen atoms in total. The van der Waals surface area contributed by atoms with Crippen LogP contribution in [0.1, 0.15) is 5.56 Å². The van der Waals surface area contributed by atoms with Gasteiger partial charge >= 0.3 is 0 Å². The van der Waals surface area contributed by atoms with Crippen LogP contribution >= 0.6 is 0 Å². The van der Waals surface area contributed by atoms with Crippen molar-refractivity contribution in [2.75, 3.05) is 16.8 Å². The molecule has 0 N–H and O–H groups in total. The van der Waals surface area contributed by atoms with Crippen molar-refractivity contribution >= 4 is 17.1 Å². The third kappa shape index (κ3) is 2.86. The van der Waals surface area contributed by atoms with Gasteiger partial charge in [0.1, 0.15) is 0 Å². The van der Waals surface area contributed by atoms with E-state index in [1.807, 2.05) is 0 Å². The van der Waals surface area contributed by atoms with Gasteiger partial charge in [0.15, 0.2) is 0 Å². The second-order valence-corrected chi connectivity index (χ2v) is 5.86. The summed E-state index contributed by atoms with van der Waals surface area (Å²) >= 11 is 0. The SMILES string of the molecule is Cc1ccccc1-c1c[c-]c(N2[CH-]N(C)c3ccccc32)cc1.[Ir]. The first-order valence-corrected chi connectivity index (χ1v) is 7.78. The molecule has 0 unspecified atom stereocenters. The number of nitrogens with zero attached hydrogens (tertiary/aromatic N) is 2. The molecule has 0 saturated carbocycles. The van der Waals surface area contributed by atoms with Crippen LogP contribution < -0.4 is 9.80 Å². The van der Waals surface area contributed by atoms with Crippen LogP contribution in [0.15, 0.2) is 66.7 Å². The van der Waals surface area contributed by atoms with Gasteiger partial charge in [0.05, 0.1) is 0 Å². The fourth-order valence-corrected chi connectivity index (χ4v) is 3.09. The Morgan fingerprint density at radius 1 is 0.875 bits per heavy atom. The topological polar surface area (TPSA) is 6.48 Å². The van der Waals surface area contributed by atoms with Gasteiger partial charge in [-0.05, 0) is 26.1 Å². The average Bonchev–Trinajstić information content (AvgIpc) is 2.93. The summed E-state index contributed by atoms with van der Waals surface area (Å²) in [5.41, 5.74) is 7.20. The van der Waals surface area contributed by atoms with Crippen LogP contribution in [0, 0.1) is 19.7 Å². The molecule has 0 aliphatic carbocycles. The van der Waals surface area contributed by atoms with Crippen LogP contribution in [0.3, 0.4) is 0 Å². The van der Waals surface area contributed by atoms with Gasteiger partial charge in [-0.2, -0.15) is 24.9 Å². The van der Waals surface area contributed by atoms with Gasteiger partial charge in [0.2, 0.25) is 0 Å². The number of hydrogen-bond donors (Lipinski definition) is 0. The molecule has 0 bridgehead atoms. The van der Waals surface area contributed by atoms with Crippen LogP contribution in [0.25, 0.3) is 11.1 Å². The van der Waals surface area contributed by atoms with E-state index in [0.717, 1.165) is 5.69 Å². The summed E-state index contributed by atoms with van der Waals surface area (Å²) in [6.07, 6.45) is 0. The van der Waals surface area contributed by atoms with Gasteiger partial charge in [-0.1, -0.05) is 47.5 Å². The molecule has 0 spiro atoms. The maximum absolute atomic E-state index is 3.43. The molecule has 3 aromatic carbocycles. The first-order valence-electron chi connectivity index (χ1n) is 7.78. The van der Waals surface area contributed by atoms with Crippen LogP contribution in [0.4, 0.5) is 17.1 Å². The van der Waals surface area contributed by atoms with Crippen LogP contribution in [-0.4, -0.2) is 7.05 Å². The zero-order valence-corrected chi connectivity index (χ0v) is 16.1. The summed E-state index contributed by atoms with van der Waals surface area (Å²) in [4.78, 5) is 4.31. The van der Waals surface area contributed by atoms with Crippen molar-refractivity contribution in [1.29, 1.82) is 0 Å². The number of fused-ring (bicyclic) bond motifs is 1. The monoisotopic (exact) mass is 491 g/mol. The van der Waals surface area contributed by atoms with Gasteiger partial charge in [-0.25, -0.2) is 0 Å². The summed E-state index contributed by atoms with van der Waals surface area (Å²) in [6, 6.07) is 26.7. The molecule has 1 radical (unpaired) electrons. The predicted octanol–water partition coefficient (Wildman–Crippen LogP) is 5.17. The summed E-state index contributed by atoms with van der Waals surface area (Å²) < 4.78 is 0. The Balaban J connectivity index is 0.00000169. The van der Waals surface area contributed by atoms with Gasteiger partial charge < -0.3 is 9.80 Å². The molecule has 123 valence electrons. The number of anilines is 3. The number of hydrogen-bond acceptors (Lipinski definition) is 2. The molecular weight excluding hydrogens is 472 g/mol. The molecule has 0 saturated heterocycles. The van der Waals surface area contributed by atoms with Crippen molar-refractivity contribution in [1.82, 2.24) is 0 Å². The van der Waals surface area contributed by atoms with Gasteiger partial charge in [-0.3, -0.25) is 0 Å². The largest absolute Gasteiger partial charge is 0.504 e. The Morgan fingerprint density at radius 2 is 1.58 bits per heavy atom. The first-order chi connectivity index (χ1) is 11.2. The summed E-state index contributed by atoms with van der Waals surface area (Å²) in [6.45, 7) is 4.24. The minimum Gasteiger partial charge on any atom is -0.504 e. The first kappa shape index (κ1) is 16.8. The molecule has 0 atom stereocenters. The molecule has 1 aliphatic rings. The molecule has 0 fully saturated rings. The molecular formula is C21H18IrN2-2. The fourth-order valence-electron chi connectivity index (χ4n) is 3.09. The summed E-state index contributed by atoms with van der Waals surface area (Å²) in [7, 11) is 2.07. The van der Waals surface area contributed by atoms with Crippen LogP contribution in [0.2, 0.25) is 0 Å². The minimum absolute atomic E-state index is 0. The van der Waals surface area contributed by atoms with Crippen molar-refractivity contribution in [3.8, 4) is 11.1 Å². The predicted molar refractivity (Wildman–Crippen MR) is 96.7 cm³/mol. The van der Waals surface area contributed by atoms with E-state index in [1.165, 1.54) is 28.1 Å². The standard InChI is InChI=1S/C21H18N2.Ir/c1-16-7-3-4-8-19(16)17-11-13-18(14-12-17)23-15-22(2)20-9-5-6-10-21(20)23;/h3-13,15H,1-2H3;/q-2;. The third-order valence-electron chi connectivity index (χ3n) is 4.32. The smallest absolute Gasteiger partial charge is 0.0326 e. The minimum atomic E-state index is 0. The Hall–Kier alpha value is -2.09. The average molecular weight is 491 g/mol. The summed E-state index contributed by atoms with van der Waals surface area (Å²) in [5, 5.41) is 0. The maximum atomic E-state index is 3.43. The molecule has 1 heterocycles. The Kier molecular flexibility index (Phi) is 4.75. The number of rotatable bonds is 2. The number of aryl methyl sites for hydroxylation is 1. The molecule has 3 aromatic rings. The zero-order valence-electron chi connectivity index (χ0n) is 13.7. The molecule has 0 amide bonds. The number of benzene rings is 3. The van der Waals surface area contributed by atoms with E-state index in [2.05, 4.69) is 103 Å². The van der Waals surface area contributed by atoms with Crippen molar-refractivity contribution in [2.45, 2.75) is 6.92 Å². The van der Waals surface area contributed by atoms with Crippen molar-refractivity contribution < 1.29 is 20.1 Å². The van der Waals surface area contributed by atoms with Gasteiger partial charge in [-0.15, -0.1) is 17.3 Å². The van der Waals surface area contributed by atoms with Crippen LogP contribution in [-0.2, 0) is 20.1 Å². The third-order valence-corrected chi connectivity index (χ3v) is 4.32. The molecule has 24 heavy (non-hydrogen) atoms. The Morgan fingerprint density at radius 3 is 2.29 bits per heavy atom. The second-order valence-electron chi connectivity index (χ2n) is 5.86. The Bertz CT molecular complexity index is 842.